The average molecular weight is 312 g/mol. The molecule has 0 saturated carbocycles. The van der Waals surface area contributed by atoms with Crippen LogP contribution in [0.15, 0.2) is 18.2 Å². The summed E-state index contributed by atoms with van der Waals surface area (Å²) in [5.74, 6) is 0.436. The number of rotatable bonds is 8. The minimum Gasteiger partial charge on any atom is -0.497 e. The maximum atomic E-state index is 11.8. The molecule has 0 spiro atoms. The van der Waals surface area contributed by atoms with Crippen LogP contribution >= 0.6 is 11.8 Å². The van der Waals surface area contributed by atoms with Gasteiger partial charge in [0.2, 0.25) is 0 Å². The Bertz CT molecular complexity index is 494. The van der Waals surface area contributed by atoms with Crippen molar-refractivity contribution in [3.05, 3.63) is 23.8 Å². The second-order valence-electron chi connectivity index (χ2n) is 4.30. The zero-order valence-corrected chi connectivity index (χ0v) is 13.0. The molecule has 1 rings (SSSR count). The number of urea groups is 1. The standard InChI is InChI=1S/C14H20N2O4S/c1-20-10-5-6-11(13(17)18)12(9-10)16-14(19)15-7-3-4-8-21-2/h5-6,9H,3-4,7-8H2,1-2H3,(H,17,18)(H2,15,16,19). The number of benzene rings is 1. The number of unbranched alkanes of at least 4 members (excludes halogenated alkanes) is 1. The molecule has 7 heteroatoms. The van der Waals surface area contributed by atoms with Gasteiger partial charge in [0.05, 0.1) is 18.4 Å². The molecule has 0 heterocycles. The molecule has 2 amide bonds. The second kappa shape index (κ2) is 9.12. The Morgan fingerprint density at radius 1 is 1.33 bits per heavy atom. The van der Waals surface area contributed by atoms with E-state index in [-0.39, 0.29) is 11.3 Å². The van der Waals surface area contributed by atoms with Crippen molar-refractivity contribution in [3.63, 3.8) is 0 Å². The summed E-state index contributed by atoms with van der Waals surface area (Å²) in [5.41, 5.74) is 0.233. The monoisotopic (exact) mass is 312 g/mol. The smallest absolute Gasteiger partial charge is 0.337 e. The van der Waals surface area contributed by atoms with Crippen molar-refractivity contribution in [1.82, 2.24) is 5.32 Å². The molecule has 0 aliphatic heterocycles. The number of nitrogens with one attached hydrogen (secondary N) is 2. The molecule has 3 N–H and O–H groups in total. The van der Waals surface area contributed by atoms with Crippen LogP contribution in [0.5, 0.6) is 5.75 Å². The van der Waals surface area contributed by atoms with E-state index in [1.165, 1.54) is 25.3 Å². The number of amides is 2. The first-order chi connectivity index (χ1) is 10.1. The molecule has 0 aliphatic carbocycles. The quantitative estimate of drug-likeness (QED) is 0.642. The van der Waals surface area contributed by atoms with Crippen LogP contribution in [-0.2, 0) is 0 Å². The molecule has 0 bridgehead atoms. The highest BCUT2D eigenvalue weighted by Crippen LogP contribution is 2.22. The highest BCUT2D eigenvalue weighted by atomic mass is 32.2. The van der Waals surface area contributed by atoms with Crippen molar-refractivity contribution in [2.75, 3.05) is 31.0 Å². The largest absolute Gasteiger partial charge is 0.497 e. The molecule has 1 aromatic carbocycles. The van der Waals surface area contributed by atoms with Gasteiger partial charge in [-0.15, -0.1) is 0 Å². The van der Waals surface area contributed by atoms with Crippen LogP contribution in [0.4, 0.5) is 10.5 Å². The van der Waals surface area contributed by atoms with Gasteiger partial charge in [0, 0.05) is 12.6 Å². The summed E-state index contributed by atoms with van der Waals surface area (Å²) in [4.78, 5) is 22.9. The lowest BCUT2D eigenvalue weighted by Crippen LogP contribution is -2.30. The van der Waals surface area contributed by atoms with Crippen molar-refractivity contribution in [3.8, 4) is 5.75 Å². The van der Waals surface area contributed by atoms with E-state index < -0.39 is 12.0 Å². The van der Waals surface area contributed by atoms with E-state index in [1.807, 2.05) is 6.26 Å². The van der Waals surface area contributed by atoms with E-state index in [1.54, 1.807) is 11.8 Å². The van der Waals surface area contributed by atoms with Crippen LogP contribution in [0.25, 0.3) is 0 Å². The fourth-order valence-electron chi connectivity index (χ4n) is 1.68. The van der Waals surface area contributed by atoms with Gasteiger partial charge in [-0.05, 0) is 37.0 Å². The van der Waals surface area contributed by atoms with Crippen molar-refractivity contribution in [2.24, 2.45) is 0 Å². The third kappa shape index (κ3) is 5.95. The summed E-state index contributed by atoms with van der Waals surface area (Å²) in [6.45, 7) is 0.554. The number of anilines is 1. The normalized spacial score (nSPS) is 10.0. The zero-order valence-electron chi connectivity index (χ0n) is 12.1. The minimum absolute atomic E-state index is 0.0216. The summed E-state index contributed by atoms with van der Waals surface area (Å²) >= 11 is 1.76. The summed E-state index contributed by atoms with van der Waals surface area (Å²) in [6, 6.07) is 4.00. The number of thioether (sulfide) groups is 1. The van der Waals surface area contributed by atoms with Gasteiger partial charge in [0.25, 0.3) is 0 Å². The molecule has 0 radical (unpaired) electrons. The van der Waals surface area contributed by atoms with E-state index in [4.69, 9.17) is 9.84 Å². The Morgan fingerprint density at radius 3 is 2.71 bits per heavy atom. The number of methoxy groups -OCH3 is 1. The summed E-state index contributed by atoms with van der Waals surface area (Å²) in [5, 5.41) is 14.3. The average Bonchev–Trinajstić information content (AvgIpc) is 2.46. The molecule has 0 aromatic heterocycles. The number of carbonyl (C=O) groups excluding carboxylic acids is 1. The van der Waals surface area contributed by atoms with Crippen molar-refractivity contribution in [1.29, 1.82) is 0 Å². The Morgan fingerprint density at radius 2 is 2.10 bits per heavy atom. The Labute approximate surface area is 128 Å². The van der Waals surface area contributed by atoms with Crippen LogP contribution in [-0.4, -0.2) is 42.8 Å². The van der Waals surface area contributed by atoms with E-state index in [0.29, 0.717) is 12.3 Å². The Hall–Kier alpha value is -1.89. The van der Waals surface area contributed by atoms with E-state index in [0.717, 1.165) is 18.6 Å². The fraction of sp³-hybridized carbons (Fsp3) is 0.429. The Kier molecular flexibility index (Phi) is 7.45. The topological polar surface area (TPSA) is 87.7 Å². The first-order valence-electron chi connectivity index (χ1n) is 6.53. The van der Waals surface area contributed by atoms with E-state index in [2.05, 4.69) is 10.6 Å². The number of hydrogen-bond donors (Lipinski definition) is 3. The van der Waals surface area contributed by atoms with Gasteiger partial charge in [-0.3, -0.25) is 0 Å². The lowest BCUT2D eigenvalue weighted by molar-refractivity contribution is 0.0698. The zero-order chi connectivity index (χ0) is 15.7. The summed E-state index contributed by atoms with van der Waals surface area (Å²) in [6.07, 6.45) is 3.95. The highest BCUT2D eigenvalue weighted by Gasteiger charge is 2.13. The van der Waals surface area contributed by atoms with Crippen molar-refractivity contribution < 1.29 is 19.4 Å². The molecule has 0 unspecified atom stereocenters. The maximum absolute atomic E-state index is 11.8. The predicted octanol–water partition coefficient (Wildman–Crippen LogP) is 2.66. The van der Waals surface area contributed by atoms with E-state index >= 15 is 0 Å². The Balaban J connectivity index is 2.59. The van der Waals surface area contributed by atoms with Gasteiger partial charge >= 0.3 is 12.0 Å². The van der Waals surface area contributed by atoms with Gasteiger partial charge in [-0.2, -0.15) is 11.8 Å². The van der Waals surface area contributed by atoms with Crippen LogP contribution in [0.3, 0.4) is 0 Å². The number of aromatic carboxylic acids is 1. The van der Waals surface area contributed by atoms with Crippen molar-refractivity contribution >= 4 is 29.4 Å². The van der Waals surface area contributed by atoms with Crippen LogP contribution in [0.2, 0.25) is 0 Å². The van der Waals surface area contributed by atoms with Gasteiger partial charge in [0.15, 0.2) is 0 Å². The fourth-order valence-corrected chi connectivity index (χ4v) is 2.17. The van der Waals surface area contributed by atoms with Gasteiger partial charge in [0.1, 0.15) is 5.75 Å². The number of ether oxygens (including phenoxy) is 1. The number of carboxylic acids is 1. The summed E-state index contributed by atoms with van der Waals surface area (Å²) in [7, 11) is 1.48. The molecule has 116 valence electrons. The van der Waals surface area contributed by atoms with E-state index in [9.17, 15) is 9.59 Å². The number of carboxylic acid groups (broad SMARTS) is 1. The SMILES string of the molecule is COc1ccc(C(=O)O)c(NC(=O)NCCCCSC)c1. The number of hydrogen-bond acceptors (Lipinski definition) is 4. The summed E-state index contributed by atoms with van der Waals surface area (Å²) < 4.78 is 5.03. The van der Waals surface area contributed by atoms with Crippen LogP contribution in [0.1, 0.15) is 23.2 Å². The molecular formula is C14H20N2O4S. The lowest BCUT2D eigenvalue weighted by atomic mass is 10.1. The first kappa shape index (κ1) is 17.2. The predicted molar refractivity (Wildman–Crippen MR) is 84.6 cm³/mol. The first-order valence-corrected chi connectivity index (χ1v) is 7.93. The van der Waals surface area contributed by atoms with Crippen LogP contribution in [0, 0.1) is 0 Å². The molecule has 0 saturated heterocycles. The second-order valence-corrected chi connectivity index (χ2v) is 5.28. The minimum atomic E-state index is -1.10. The molecule has 0 aliphatic rings. The third-order valence-electron chi connectivity index (χ3n) is 2.77. The van der Waals surface area contributed by atoms with Crippen molar-refractivity contribution in [2.45, 2.75) is 12.8 Å². The molecule has 1 aromatic rings. The van der Waals surface area contributed by atoms with Gasteiger partial charge in [-0.1, -0.05) is 0 Å². The number of carbonyl (C=O) groups is 2. The highest BCUT2D eigenvalue weighted by molar-refractivity contribution is 7.98. The molecule has 21 heavy (non-hydrogen) atoms. The molecule has 0 atom stereocenters. The van der Waals surface area contributed by atoms with Gasteiger partial charge in [-0.25, -0.2) is 9.59 Å². The van der Waals surface area contributed by atoms with Crippen LogP contribution < -0.4 is 15.4 Å². The maximum Gasteiger partial charge on any atom is 0.337 e. The van der Waals surface area contributed by atoms with Gasteiger partial charge < -0.3 is 20.5 Å². The lowest BCUT2D eigenvalue weighted by Gasteiger charge is -2.11. The molecule has 6 nitrogen and oxygen atoms in total. The third-order valence-corrected chi connectivity index (χ3v) is 3.46. The molecule has 0 fully saturated rings. The molecular weight excluding hydrogens is 292 g/mol.